The third kappa shape index (κ3) is 3.28. The van der Waals surface area contributed by atoms with Crippen molar-refractivity contribution in [2.45, 2.75) is 31.9 Å². The molecular formula is C20H23N5O3S. The Balaban J connectivity index is 1.33. The van der Waals surface area contributed by atoms with Crippen LogP contribution in [0.1, 0.15) is 29.0 Å². The van der Waals surface area contributed by atoms with Gasteiger partial charge in [-0.05, 0) is 43.0 Å². The Bertz CT molecular complexity index is 1030. The topological polar surface area (TPSA) is 93.4 Å². The van der Waals surface area contributed by atoms with Crippen LogP contribution in [0.25, 0.3) is 10.2 Å². The van der Waals surface area contributed by atoms with Crippen LogP contribution < -0.4 is 10.2 Å². The maximum Gasteiger partial charge on any atom is 0.256 e. The fourth-order valence-electron chi connectivity index (χ4n) is 4.79. The second-order valence-electron chi connectivity index (χ2n) is 7.88. The monoisotopic (exact) mass is 413 g/mol. The van der Waals surface area contributed by atoms with Crippen molar-refractivity contribution in [1.82, 2.24) is 20.4 Å². The first-order valence-corrected chi connectivity index (χ1v) is 10.7. The lowest BCUT2D eigenvalue weighted by molar-refractivity contribution is 0.0125. The minimum Gasteiger partial charge on any atom is -0.379 e. The molecule has 152 valence electrons. The molecule has 0 aromatic carbocycles. The zero-order chi connectivity index (χ0) is 20.0. The van der Waals surface area contributed by atoms with Gasteiger partial charge in [0.05, 0.1) is 23.7 Å². The van der Waals surface area contributed by atoms with Crippen LogP contribution in [0.4, 0.5) is 5.82 Å². The largest absolute Gasteiger partial charge is 0.379 e. The van der Waals surface area contributed by atoms with Gasteiger partial charge in [0.15, 0.2) is 0 Å². The molecule has 5 rings (SSSR count). The van der Waals surface area contributed by atoms with E-state index in [0.29, 0.717) is 23.2 Å². The van der Waals surface area contributed by atoms with Crippen LogP contribution in [-0.4, -0.2) is 53.4 Å². The maximum atomic E-state index is 12.7. The van der Waals surface area contributed by atoms with E-state index in [1.807, 2.05) is 0 Å². The lowest BCUT2D eigenvalue weighted by Crippen LogP contribution is -2.50. The van der Waals surface area contributed by atoms with Crippen molar-refractivity contribution in [3.8, 4) is 0 Å². The second-order valence-corrected chi connectivity index (χ2v) is 8.78. The molecule has 3 aromatic heterocycles. The first-order valence-electron chi connectivity index (χ1n) is 9.82. The van der Waals surface area contributed by atoms with Gasteiger partial charge in [-0.25, -0.2) is 9.97 Å². The van der Waals surface area contributed by atoms with E-state index in [1.54, 1.807) is 31.7 Å². The van der Waals surface area contributed by atoms with E-state index in [0.717, 1.165) is 42.0 Å². The summed E-state index contributed by atoms with van der Waals surface area (Å²) in [5.41, 5.74) is 0.482. The number of thiophene rings is 1. The van der Waals surface area contributed by atoms with Crippen molar-refractivity contribution in [1.29, 1.82) is 0 Å². The first kappa shape index (κ1) is 18.5. The van der Waals surface area contributed by atoms with Gasteiger partial charge >= 0.3 is 0 Å². The van der Waals surface area contributed by atoms with Crippen LogP contribution in [-0.2, 0) is 4.74 Å². The van der Waals surface area contributed by atoms with E-state index in [9.17, 15) is 4.79 Å². The molecule has 3 aromatic rings. The average Bonchev–Trinajstić information content (AvgIpc) is 3.45. The zero-order valence-electron chi connectivity index (χ0n) is 16.4. The smallest absolute Gasteiger partial charge is 0.256 e. The molecule has 4 heterocycles. The molecule has 9 heteroatoms. The Morgan fingerprint density at radius 1 is 1.31 bits per heavy atom. The van der Waals surface area contributed by atoms with Crippen molar-refractivity contribution >= 4 is 33.3 Å². The highest BCUT2D eigenvalue weighted by Gasteiger charge is 2.43. The molecule has 8 nitrogen and oxygen atoms in total. The molecule has 29 heavy (non-hydrogen) atoms. The Labute approximate surface area is 172 Å². The minimum atomic E-state index is -0.153. The number of amides is 1. The van der Waals surface area contributed by atoms with E-state index in [-0.39, 0.29) is 18.1 Å². The molecule has 0 unspecified atom stereocenters. The number of carbonyl (C=O) groups excluding carboxylic acids is 1. The quantitative estimate of drug-likeness (QED) is 0.703. The van der Waals surface area contributed by atoms with Crippen molar-refractivity contribution in [2.24, 2.45) is 11.8 Å². The van der Waals surface area contributed by atoms with Gasteiger partial charge in [0.2, 0.25) is 0 Å². The summed E-state index contributed by atoms with van der Waals surface area (Å²) in [5.74, 6) is 2.40. The molecule has 2 aliphatic rings. The van der Waals surface area contributed by atoms with Gasteiger partial charge in [-0.3, -0.25) is 4.79 Å². The molecule has 0 spiro atoms. The van der Waals surface area contributed by atoms with Crippen LogP contribution >= 0.6 is 11.3 Å². The summed E-state index contributed by atoms with van der Waals surface area (Å²) >= 11 is 1.64. The number of hydrogen-bond acceptors (Lipinski definition) is 8. The summed E-state index contributed by atoms with van der Waals surface area (Å²) in [7, 11) is 1.72. The van der Waals surface area contributed by atoms with Crippen molar-refractivity contribution in [3.63, 3.8) is 0 Å². The molecule has 0 bridgehead atoms. The number of hydrogen-bond donors (Lipinski definition) is 1. The number of aromatic nitrogens is 3. The molecule has 1 saturated heterocycles. The van der Waals surface area contributed by atoms with Crippen LogP contribution in [0.2, 0.25) is 0 Å². The van der Waals surface area contributed by atoms with E-state index in [4.69, 9.17) is 9.26 Å². The summed E-state index contributed by atoms with van der Waals surface area (Å²) in [6.07, 6.45) is 4.91. The number of ether oxygens (including phenoxy) is 1. The zero-order valence-corrected chi connectivity index (χ0v) is 17.2. The number of anilines is 1. The minimum absolute atomic E-state index is 0.00752. The van der Waals surface area contributed by atoms with Gasteiger partial charge in [0, 0.05) is 20.2 Å². The molecule has 1 N–H and O–H groups in total. The molecule has 1 amide bonds. The van der Waals surface area contributed by atoms with Gasteiger partial charge in [-0.2, -0.15) is 0 Å². The Hall–Kier alpha value is -2.52. The highest BCUT2D eigenvalue weighted by molar-refractivity contribution is 7.16. The van der Waals surface area contributed by atoms with E-state index in [2.05, 4.69) is 36.8 Å². The molecule has 1 aliphatic carbocycles. The van der Waals surface area contributed by atoms with Gasteiger partial charge in [-0.1, -0.05) is 5.16 Å². The number of carbonyl (C=O) groups is 1. The number of fused-ring (bicyclic) bond motifs is 2. The predicted octanol–water partition coefficient (Wildman–Crippen LogP) is 2.65. The molecule has 4 atom stereocenters. The van der Waals surface area contributed by atoms with E-state index < -0.39 is 0 Å². The van der Waals surface area contributed by atoms with Gasteiger partial charge in [-0.15, -0.1) is 11.3 Å². The Morgan fingerprint density at radius 3 is 2.90 bits per heavy atom. The molecule has 2 fully saturated rings. The lowest BCUT2D eigenvalue weighted by Gasteiger charge is -2.37. The molecule has 1 saturated carbocycles. The third-order valence-corrected chi connectivity index (χ3v) is 7.09. The average molecular weight is 414 g/mol. The van der Waals surface area contributed by atoms with Gasteiger partial charge < -0.3 is 19.5 Å². The predicted molar refractivity (Wildman–Crippen MR) is 109 cm³/mol. The van der Waals surface area contributed by atoms with Crippen molar-refractivity contribution in [3.05, 3.63) is 35.3 Å². The Morgan fingerprint density at radius 2 is 2.14 bits per heavy atom. The summed E-state index contributed by atoms with van der Waals surface area (Å²) in [6.45, 7) is 3.63. The lowest BCUT2D eigenvalue weighted by atomic mass is 9.77. The van der Waals surface area contributed by atoms with Crippen LogP contribution in [0.3, 0.4) is 0 Å². The number of nitrogens with zero attached hydrogens (tertiary/aromatic N) is 4. The number of nitrogens with one attached hydrogen (secondary N) is 1. The summed E-state index contributed by atoms with van der Waals surface area (Å²) in [4.78, 5) is 25.0. The van der Waals surface area contributed by atoms with Crippen molar-refractivity contribution in [2.75, 3.05) is 25.1 Å². The standard InChI is InChI=1S/C20H23N5O3S/c1-11-15(7-23-28-11)19(26)24-16-5-12-8-25(9-13(12)6-17(16)27-2)18-14-3-4-29-20(14)22-10-21-18/h3-4,7,10,12-13,16-17H,5-6,8-9H2,1-2H3,(H,24,26)/t12-,13+,16-,17-/m0/s1. The van der Waals surface area contributed by atoms with Crippen LogP contribution in [0.15, 0.2) is 28.5 Å². The van der Waals surface area contributed by atoms with E-state index in [1.165, 1.54) is 6.20 Å². The van der Waals surface area contributed by atoms with E-state index >= 15 is 0 Å². The number of aryl methyl sites for hydroxylation is 1. The van der Waals surface area contributed by atoms with Gasteiger partial charge in [0.25, 0.3) is 5.91 Å². The number of methoxy groups -OCH3 is 1. The SMILES string of the molecule is CO[C@H]1C[C@@H]2CN(c3ncnc4sccc34)C[C@@H]2C[C@@H]1NC(=O)c1cnoc1C. The second kappa shape index (κ2) is 7.38. The van der Waals surface area contributed by atoms with Crippen molar-refractivity contribution < 1.29 is 14.1 Å². The Kier molecular flexibility index (Phi) is 4.71. The highest BCUT2D eigenvalue weighted by atomic mass is 32.1. The summed E-state index contributed by atoms with van der Waals surface area (Å²) in [6, 6.07) is 2.06. The molecule has 1 aliphatic heterocycles. The fourth-order valence-corrected chi connectivity index (χ4v) is 5.52. The number of rotatable bonds is 4. The normalized spacial score (nSPS) is 26.6. The summed E-state index contributed by atoms with van der Waals surface area (Å²) < 4.78 is 10.8. The summed E-state index contributed by atoms with van der Waals surface area (Å²) in [5, 5.41) is 10.0. The van der Waals surface area contributed by atoms with Crippen LogP contribution in [0.5, 0.6) is 0 Å². The molecule has 0 radical (unpaired) electrons. The fraction of sp³-hybridized carbons (Fsp3) is 0.500. The third-order valence-electron chi connectivity index (χ3n) is 6.27. The van der Waals surface area contributed by atoms with Gasteiger partial charge in [0.1, 0.15) is 28.3 Å². The molecular weight excluding hydrogens is 390 g/mol. The highest BCUT2D eigenvalue weighted by Crippen LogP contribution is 2.40. The van der Waals surface area contributed by atoms with Crippen LogP contribution in [0, 0.1) is 18.8 Å². The maximum absolute atomic E-state index is 12.7. The first-order chi connectivity index (χ1) is 14.1.